The number of ether oxygens (including phenoxy) is 2. The fourth-order valence-electron chi connectivity index (χ4n) is 2.28. The Morgan fingerprint density at radius 3 is 3.22 bits per heavy atom. The van der Waals surface area contributed by atoms with E-state index >= 15 is 0 Å². The van der Waals surface area contributed by atoms with Crippen LogP contribution in [0.15, 0.2) is 12.4 Å². The molecule has 18 heavy (non-hydrogen) atoms. The number of hydrogen-bond acceptors (Lipinski definition) is 4. The topological polar surface area (TPSA) is 48.3 Å². The average molecular weight is 253 g/mol. The first-order chi connectivity index (χ1) is 8.73. The number of hydrogen-bond donors (Lipinski definition) is 1. The van der Waals surface area contributed by atoms with Crippen molar-refractivity contribution in [3.05, 3.63) is 12.4 Å². The van der Waals surface area contributed by atoms with Crippen molar-refractivity contribution in [2.75, 3.05) is 32.2 Å². The van der Waals surface area contributed by atoms with Gasteiger partial charge in [-0.2, -0.15) is 0 Å². The van der Waals surface area contributed by atoms with Crippen molar-refractivity contribution in [2.45, 2.75) is 38.3 Å². The number of anilines is 1. The van der Waals surface area contributed by atoms with Gasteiger partial charge in [-0.25, -0.2) is 4.98 Å². The first-order valence-corrected chi connectivity index (χ1v) is 6.61. The lowest BCUT2D eigenvalue weighted by molar-refractivity contribution is 0.0313. The van der Waals surface area contributed by atoms with Gasteiger partial charge in [-0.05, 0) is 26.2 Å². The van der Waals surface area contributed by atoms with Crippen molar-refractivity contribution in [1.82, 2.24) is 9.55 Å². The summed E-state index contributed by atoms with van der Waals surface area (Å²) in [5.41, 5.74) is -0.0384. The molecule has 1 aromatic rings. The molecule has 5 heteroatoms. The lowest BCUT2D eigenvalue weighted by atomic mass is 10.0. The lowest BCUT2D eigenvalue weighted by Gasteiger charge is -2.23. The molecule has 102 valence electrons. The largest absolute Gasteiger partial charge is 0.385 e. The highest BCUT2D eigenvalue weighted by Gasteiger charge is 2.29. The molecule has 0 amide bonds. The molecule has 1 atom stereocenters. The van der Waals surface area contributed by atoms with E-state index in [1.54, 1.807) is 7.11 Å². The van der Waals surface area contributed by atoms with Gasteiger partial charge in [0.2, 0.25) is 5.95 Å². The number of nitrogens with one attached hydrogen (secondary N) is 1. The Morgan fingerprint density at radius 2 is 2.50 bits per heavy atom. The first kappa shape index (κ1) is 13.4. The van der Waals surface area contributed by atoms with Crippen molar-refractivity contribution in [2.24, 2.45) is 0 Å². The Balaban J connectivity index is 1.83. The third-order valence-corrected chi connectivity index (χ3v) is 3.38. The molecule has 0 saturated carbocycles. The van der Waals surface area contributed by atoms with Crippen LogP contribution in [-0.2, 0) is 16.0 Å². The second-order valence-electron chi connectivity index (χ2n) is 5.05. The minimum absolute atomic E-state index is 0.0384. The Labute approximate surface area is 108 Å². The summed E-state index contributed by atoms with van der Waals surface area (Å²) in [5.74, 6) is 0.919. The van der Waals surface area contributed by atoms with Crippen molar-refractivity contribution >= 4 is 5.95 Å². The smallest absolute Gasteiger partial charge is 0.202 e. The normalized spacial score (nSPS) is 23.4. The van der Waals surface area contributed by atoms with Crippen LogP contribution in [0.5, 0.6) is 0 Å². The van der Waals surface area contributed by atoms with Gasteiger partial charge in [0.05, 0.1) is 5.60 Å². The minimum atomic E-state index is -0.0384. The summed E-state index contributed by atoms with van der Waals surface area (Å²) in [6, 6.07) is 0. The number of nitrogens with zero attached hydrogens (tertiary/aromatic N) is 2. The number of aryl methyl sites for hydroxylation is 1. The van der Waals surface area contributed by atoms with Crippen molar-refractivity contribution < 1.29 is 9.47 Å². The maximum absolute atomic E-state index is 5.76. The molecule has 1 saturated heterocycles. The van der Waals surface area contributed by atoms with Crippen LogP contribution in [0.2, 0.25) is 0 Å². The number of rotatable bonds is 7. The third-order valence-electron chi connectivity index (χ3n) is 3.38. The molecular weight excluding hydrogens is 230 g/mol. The van der Waals surface area contributed by atoms with E-state index in [0.29, 0.717) is 0 Å². The molecule has 5 nitrogen and oxygen atoms in total. The fourth-order valence-corrected chi connectivity index (χ4v) is 2.28. The molecule has 1 aliphatic rings. The summed E-state index contributed by atoms with van der Waals surface area (Å²) in [6.07, 6.45) is 7.09. The zero-order valence-corrected chi connectivity index (χ0v) is 11.3. The van der Waals surface area contributed by atoms with Crippen LogP contribution in [0, 0.1) is 0 Å². The summed E-state index contributed by atoms with van der Waals surface area (Å²) >= 11 is 0. The van der Waals surface area contributed by atoms with E-state index in [4.69, 9.17) is 9.47 Å². The van der Waals surface area contributed by atoms with Gasteiger partial charge in [-0.3, -0.25) is 0 Å². The molecule has 0 aromatic carbocycles. The van der Waals surface area contributed by atoms with E-state index in [0.717, 1.165) is 51.5 Å². The van der Waals surface area contributed by atoms with Crippen LogP contribution >= 0.6 is 0 Å². The summed E-state index contributed by atoms with van der Waals surface area (Å²) in [7, 11) is 1.73. The van der Waals surface area contributed by atoms with E-state index < -0.39 is 0 Å². The summed E-state index contributed by atoms with van der Waals surface area (Å²) in [5, 5.41) is 3.39. The molecule has 1 unspecified atom stereocenters. The molecule has 1 N–H and O–H groups in total. The van der Waals surface area contributed by atoms with Gasteiger partial charge >= 0.3 is 0 Å². The second kappa shape index (κ2) is 6.20. The number of methoxy groups -OCH3 is 1. The van der Waals surface area contributed by atoms with E-state index in [1.165, 1.54) is 0 Å². The maximum Gasteiger partial charge on any atom is 0.202 e. The summed E-state index contributed by atoms with van der Waals surface area (Å²) in [4.78, 5) is 4.34. The second-order valence-corrected chi connectivity index (χ2v) is 5.05. The minimum Gasteiger partial charge on any atom is -0.385 e. The summed E-state index contributed by atoms with van der Waals surface area (Å²) in [6.45, 7) is 5.55. The van der Waals surface area contributed by atoms with Gasteiger partial charge in [-0.1, -0.05) is 0 Å². The molecule has 2 heterocycles. The zero-order valence-electron chi connectivity index (χ0n) is 11.3. The highest BCUT2D eigenvalue weighted by molar-refractivity contribution is 5.26. The van der Waals surface area contributed by atoms with E-state index in [9.17, 15) is 0 Å². The molecule has 1 fully saturated rings. The van der Waals surface area contributed by atoms with E-state index in [2.05, 4.69) is 21.8 Å². The van der Waals surface area contributed by atoms with Gasteiger partial charge in [0.25, 0.3) is 0 Å². The van der Waals surface area contributed by atoms with Crippen LogP contribution in [-0.4, -0.2) is 42.0 Å². The van der Waals surface area contributed by atoms with Gasteiger partial charge in [0.1, 0.15) is 0 Å². The Morgan fingerprint density at radius 1 is 1.61 bits per heavy atom. The SMILES string of the molecule is COCCCn1ccnc1NCC1(C)CCCO1. The van der Waals surface area contributed by atoms with Crippen LogP contribution in [0.4, 0.5) is 5.95 Å². The number of imidazole rings is 1. The highest BCUT2D eigenvalue weighted by Crippen LogP contribution is 2.25. The molecular formula is C13H23N3O2. The third kappa shape index (κ3) is 3.46. The first-order valence-electron chi connectivity index (χ1n) is 6.61. The maximum atomic E-state index is 5.76. The molecule has 1 aromatic heterocycles. The molecule has 1 aliphatic heterocycles. The van der Waals surface area contributed by atoms with Crippen LogP contribution in [0.3, 0.4) is 0 Å². The predicted octanol–water partition coefficient (Wildman–Crippen LogP) is 1.90. The van der Waals surface area contributed by atoms with Gasteiger partial charge in [0.15, 0.2) is 0 Å². The average Bonchev–Trinajstić information content (AvgIpc) is 2.97. The Hall–Kier alpha value is -1.07. The van der Waals surface area contributed by atoms with Crippen LogP contribution in [0.1, 0.15) is 26.2 Å². The molecule has 0 radical (unpaired) electrons. The van der Waals surface area contributed by atoms with Crippen LogP contribution < -0.4 is 5.32 Å². The highest BCUT2D eigenvalue weighted by atomic mass is 16.5. The van der Waals surface area contributed by atoms with Gasteiger partial charge in [-0.15, -0.1) is 0 Å². The van der Waals surface area contributed by atoms with Crippen molar-refractivity contribution in [1.29, 1.82) is 0 Å². The van der Waals surface area contributed by atoms with Crippen LogP contribution in [0.25, 0.3) is 0 Å². The monoisotopic (exact) mass is 253 g/mol. The van der Waals surface area contributed by atoms with Gasteiger partial charge in [0, 0.05) is 45.8 Å². The van der Waals surface area contributed by atoms with E-state index in [1.807, 2.05) is 12.4 Å². The Bertz CT molecular complexity index is 359. The fraction of sp³-hybridized carbons (Fsp3) is 0.769. The predicted molar refractivity (Wildman–Crippen MR) is 70.8 cm³/mol. The van der Waals surface area contributed by atoms with Crippen molar-refractivity contribution in [3.63, 3.8) is 0 Å². The molecule has 0 aliphatic carbocycles. The quantitative estimate of drug-likeness (QED) is 0.754. The molecule has 2 rings (SSSR count). The van der Waals surface area contributed by atoms with E-state index in [-0.39, 0.29) is 5.60 Å². The van der Waals surface area contributed by atoms with Crippen molar-refractivity contribution in [3.8, 4) is 0 Å². The standard InChI is InChI=1S/C13H23N3O2/c1-13(5-3-10-18-13)11-15-12-14-6-8-16(12)7-4-9-17-2/h6,8H,3-5,7,9-11H2,1-2H3,(H,14,15). The summed E-state index contributed by atoms with van der Waals surface area (Å²) < 4.78 is 12.9. The number of aromatic nitrogens is 2. The van der Waals surface area contributed by atoms with Gasteiger partial charge < -0.3 is 19.4 Å². The zero-order chi connectivity index (χ0) is 12.8. The molecule has 0 spiro atoms. The Kier molecular flexibility index (Phi) is 4.60. The lowest BCUT2D eigenvalue weighted by Crippen LogP contribution is -2.33. The molecule has 0 bridgehead atoms.